The molecular weight excluding hydrogens is 626 g/mol. The summed E-state index contributed by atoms with van der Waals surface area (Å²) in [6.45, 7) is 5.80. The normalized spacial score (nSPS) is 18.0. The summed E-state index contributed by atoms with van der Waals surface area (Å²) in [5.41, 5.74) is 6.48. The first-order valence-corrected chi connectivity index (χ1v) is 15.3. The number of piperazine rings is 1. The third-order valence-electron chi connectivity index (χ3n) is 7.59. The van der Waals surface area contributed by atoms with Crippen LogP contribution in [0.25, 0.3) is 0 Å². The highest BCUT2D eigenvalue weighted by Gasteiger charge is 2.45. The van der Waals surface area contributed by atoms with Crippen LogP contribution in [0, 0.1) is 0 Å². The predicted molar refractivity (Wildman–Crippen MR) is 174 cm³/mol. The lowest BCUT2D eigenvalue weighted by Gasteiger charge is -2.36. The summed E-state index contributed by atoms with van der Waals surface area (Å²) < 4.78 is 6.32. The number of aliphatic imine (C=N–C) groups is 1. The molecule has 244 valence electrons. The zero-order chi connectivity index (χ0) is 34.0. The summed E-state index contributed by atoms with van der Waals surface area (Å²) in [5.74, 6) is -2.25. The van der Waals surface area contributed by atoms with E-state index in [1.807, 2.05) is 20.8 Å². The van der Waals surface area contributed by atoms with Crippen LogP contribution in [-0.2, 0) is 9.59 Å². The van der Waals surface area contributed by atoms with E-state index in [1.165, 1.54) is 34.1 Å². The molecule has 47 heavy (non-hydrogen) atoms. The molecular formula is C34H34ClN5O7. The SMILES string of the molecule is CC(C)(C)Oc1cc(C(=O)CC(N)=O)ccc1C1=NC(c2ccc(Cl)cc2)C(c2ccc(C(=O)O)cc2)N1C(=O)N1CCNC(=O)C1. The molecule has 12 nitrogen and oxygen atoms in total. The molecule has 0 bridgehead atoms. The van der Waals surface area contributed by atoms with Crippen molar-refractivity contribution in [2.75, 3.05) is 19.6 Å². The Balaban J connectivity index is 1.73. The van der Waals surface area contributed by atoms with Gasteiger partial charge in [-0.05, 0) is 68.3 Å². The minimum absolute atomic E-state index is 0.0681. The molecule has 0 aliphatic carbocycles. The number of nitrogens with two attached hydrogens (primary N) is 1. The lowest BCUT2D eigenvalue weighted by molar-refractivity contribution is -0.123. The molecule has 0 saturated carbocycles. The number of amidine groups is 1. The van der Waals surface area contributed by atoms with Crippen LogP contribution in [0.3, 0.4) is 0 Å². The third-order valence-corrected chi connectivity index (χ3v) is 7.84. The van der Waals surface area contributed by atoms with E-state index in [9.17, 15) is 29.1 Å². The van der Waals surface area contributed by atoms with Gasteiger partial charge >= 0.3 is 12.0 Å². The number of ether oxygens (including phenoxy) is 1. The summed E-state index contributed by atoms with van der Waals surface area (Å²) in [4.78, 5) is 71.0. The maximum Gasteiger partial charge on any atom is 0.335 e. The second kappa shape index (κ2) is 13.2. The van der Waals surface area contributed by atoms with Crippen LogP contribution in [0.1, 0.15) is 76.7 Å². The van der Waals surface area contributed by atoms with Gasteiger partial charge in [-0.25, -0.2) is 9.59 Å². The molecule has 2 heterocycles. The first kappa shape index (κ1) is 33.1. The average molecular weight is 660 g/mol. The van der Waals surface area contributed by atoms with Gasteiger partial charge in [0.05, 0.1) is 23.6 Å². The van der Waals surface area contributed by atoms with E-state index in [0.717, 1.165) is 5.56 Å². The molecule has 2 aliphatic rings. The summed E-state index contributed by atoms with van der Waals surface area (Å²) in [6.07, 6.45) is -0.496. The number of hydrogen-bond donors (Lipinski definition) is 3. The lowest BCUT2D eigenvalue weighted by Crippen LogP contribution is -2.55. The standard InChI is InChI=1S/C34H34ClN5O7/c1-34(2,3)47-26-16-22(25(41)17-27(36)42)10-13-24(26)31-38-29(19-8-11-23(35)12-9-19)30(20-4-6-21(7-5-20)32(44)45)40(31)33(46)39-15-14-37-28(43)18-39/h4-13,16,29-30H,14-15,17-18H2,1-3H3,(H2,36,42)(H,37,43)(H,44,45). The van der Waals surface area contributed by atoms with E-state index in [0.29, 0.717) is 16.1 Å². The molecule has 3 aromatic rings. The molecule has 1 saturated heterocycles. The number of amides is 4. The molecule has 0 spiro atoms. The van der Waals surface area contributed by atoms with Crippen molar-refractivity contribution in [3.8, 4) is 5.75 Å². The molecule has 4 N–H and O–H groups in total. The number of carbonyl (C=O) groups excluding carboxylic acids is 4. The Kier molecular flexibility index (Phi) is 9.34. The Bertz CT molecular complexity index is 1770. The number of aromatic carboxylic acids is 1. The second-order valence-electron chi connectivity index (χ2n) is 12.2. The number of benzene rings is 3. The van der Waals surface area contributed by atoms with Crippen LogP contribution in [0.4, 0.5) is 4.79 Å². The fourth-order valence-electron chi connectivity index (χ4n) is 5.53. The van der Waals surface area contributed by atoms with Crippen LogP contribution >= 0.6 is 11.6 Å². The van der Waals surface area contributed by atoms with Crippen molar-refractivity contribution < 1.29 is 33.8 Å². The van der Waals surface area contributed by atoms with Gasteiger partial charge in [-0.3, -0.25) is 24.3 Å². The molecule has 5 rings (SSSR count). The monoisotopic (exact) mass is 659 g/mol. The number of nitrogens with zero attached hydrogens (tertiary/aromatic N) is 3. The van der Waals surface area contributed by atoms with E-state index >= 15 is 0 Å². The van der Waals surface area contributed by atoms with Crippen molar-refractivity contribution in [1.82, 2.24) is 15.1 Å². The molecule has 2 unspecified atom stereocenters. The van der Waals surface area contributed by atoms with Crippen LogP contribution in [0.15, 0.2) is 71.7 Å². The number of hydrogen-bond acceptors (Lipinski definition) is 7. The number of halogens is 1. The number of rotatable bonds is 8. The van der Waals surface area contributed by atoms with Crippen molar-refractivity contribution in [1.29, 1.82) is 0 Å². The first-order valence-electron chi connectivity index (χ1n) is 14.9. The Labute approximate surface area is 276 Å². The highest BCUT2D eigenvalue weighted by molar-refractivity contribution is 6.30. The van der Waals surface area contributed by atoms with Gasteiger partial charge in [0.25, 0.3) is 0 Å². The number of Topliss-reactive ketones (excluding diaryl/α,β-unsaturated/α-hetero) is 1. The molecule has 3 aromatic carbocycles. The largest absolute Gasteiger partial charge is 0.487 e. The molecule has 0 radical (unpaired) electrons. The number of carboxylic acid groups (broad SMARTS) is 1. The molecule has 4 amide bonds. The molecule has 13 heteroatoms. The number of urea groups is 1. The van der Waals surface area contributed by atoms with E-state index < -0.39 is 47.8 Å². The predicted octanol–water partition coefficient (Wildman–Crippen LogP) is 4.37. The van der Waals surface area contributed by atoms with Gasteiger partial charge in [0.2, 0.25) is 11.8 Å². The van der Waals surface area contributed by atoms with Gasteiger partial charge in [-0.1, -0.05) is 41.9 Å². The van der Waals surface area contributed by atoms with E-state index in [4.69, 9.17) is 27.1 Å². The smallest absolute Gasteiger partial charge is 0.335 e. The Hall–Kier alpha value is -5.23. The average Bonchev–Trinajstić information content (AvgIpc) is 3.40. The zero-order valence-electron chi connectivity index (χ0n) is 26.0. The van der Waals surface area contributed by atoms with Crippen molar-refractivity contribution in [3.05, 3.63) is 99.6 Å². The molecule has 2 aliphatic heterocycles. The van der Waals surface area contributed by atoms with Gasteiger partial charge in [0.1, 0.15) is 29.8 Å². The topological polar surface area (TPSA) is 172 Å². The minimum Gasteiger partial charge on any atom is -0.487 e. The van der Waals surface area contributed by atoms with Gasteiger partial charge < -0.3 is 25.8 Å². The van der Waals surface area contributed by atoms with Crippen molar-refractivity contribution in [2.45, 2.75) is 44.9 Å². The number of carboxylic acids is 1. The van der Waals surface area contributed by atoms with Crippen LogP contribution in [0.2, 0.25) is 5.02 Å². The fourth-order valence-corrected chi connectivity index (χ4v) is 5.65. The van der Waals surface area contributed by atoms with Gasteiger partial charge in [-0.15, -0.1) is 0 Å². The van der Waals surface area contributed by atoms with Crippen LogP contribution in [-0.4, -0.2) is 75.6 Å². The summed E-state index contributed by atoms with van der Waals surface area (Å²) in [6, 6.07) is 15.8. The lowest BCUT2D eigenvalue weighted by atomic mass is 9.93. The number of ketones is 1. The van der Waals surface area contributed by atoms with Crippen LogP contribution < -0.4 is 15.8 Å². The maximum absolute atomic E-state index is 14.5. The first-order chi connectivity index (χ1) is 22.2. The van der Waals surface area contributed by atoms with Crippen molar-refractivity contribution in [3.63, 3.8) is 0 Å². The van der Waals surface area contributed by atoms with Crippen LogP contribution in [0.5, 0.6) is 5.75 Å². The Morgan fingerprint density at radius 2 is 1.64 bits per heavy atom. The van der Waals surface area contributed by atoms with Gasteiger partial charge in [0.15, 0.2) is 5.78 Å². The summed E-state index contributed by atoms with van der Waals surface area (Å²) >= 11 is 6.22. The quantitative estimate of drug-likeness (QED) is 0.238. The van der Waals surface area contributed by atoms with Gasteiger partial charge in [-0.2, -0.15) is 0 Å². The number of primary amides is 1. The van der Waals surface area contributed by atoms with Gasteiger partial charge in [0, 0.05) is 23.7 Å². The minimum atomic E-state index is -1.10. The van der Waals surface area contributed by atoms with Crippen molar-refractivity contribution >= 4 is 47.0 Å². The zero-order valence-corrected chi connectivity index (χ0v) is 26.8. The fraction of sp³-hybridized carbons (Fsp3) is 0.294. The molecule has 1 fully saturated rings. The Morgan fingerprint density at radius 3 is 2.23 bits per heavy atom. The second-order valence-corrected chi connectivity index (χ2v) is 12.7. The summed E-state index contributed by atoms with van der Waals surface area (Å²) in [5, 5.41) is 12.8. The number of carbonyl (C=O) groups is 5. The summed E-state index contributed by atoms with van der Waals surface area (Å²) in [7, 11) is 0. The highest BCUT2D eigenvalue weighted by Crippen LogP contribution is 2.45. The highest BCUT2D eigenvalue weighted by atomic mass is 35.5. The molecule has 0 aromatic heterocycles. The van der Waals surface area contributed by atoms with Crippen molar-refractivity contribution in [2.24, 2.45) is 10.7 Å². The third kappa shape index (κ3) is 7.44. The Morgan fingerprint density at radius 1 is 1.00 bits per heavy atom. The maximum atomic E-state index is 14.5. The number of nitrogens with one attached hydrogen (secondary N) is 1. The van der Waals surface area contributed by atoms with E-state index in [1.54, 1.807) is 42.5 Å². The van der Waals surface area contributed by atoms with E-state index in [-0.39, 0.29) is 48.3 Å². The van der Waals surface area contributed by atoms with E-state index in [2.05, 4.69) is 5.32 Å². The molecule has 2 atom stereocenters.